The average molecular weight is 1350 g/mol. The Morgan fingerprint density at radius 3 is 0.772 bits per heavy atom. The van der Waals surface area contributed by atoms with Gasteiger partial charge in [-0.15, -0.1) is 0 Å². The Balaban J connectivity index is 5.25. The van der Waals surface area contributed by atoms with Gasteiger partial charge in [0.2, 0.25) is 0 Å². The Morgan fingerprint density at radius 2 is 0.522 bits per heavy atom. The van der Waals surface area contributed by atoms with E-state index in [9.17, 15) is 43.2 Å². The van der Waals surface area contributed by atoms with Crippen LogP contribution in [0.15, 0.2) is 0 Å². The lowest BCUT2D eigenvalue weighted by Gasteiger charge is -2.21. The van der Waals surface area contributed by atoms with Crippen molar-refractivity contribution in [2.24, 2.45) is 23.7 Å². The molecular weight excluding hydrogens is 1210 g/mol. The molecule has 0 aliphatic carbocycles. The normalized spacial score (nSPS) is 14.8. The number of ether oxygens (including phenoxy) is 4. The van der Waals surface area contributed by atoms with E-state index in [4.69, 9.17) is 37.0 Å². The third-order valence-corrected chi connectivity index (χ3v) is 19.4. The van der Waals surface area contributed by atoms with Crippen LogP contribution in [-0.4, -0.2) is 96.7 Å². The molecule has 0 bridgehead atoms. The van der Waals surface area contributed by atoms with Crippen molar-refractivity contribution >= 4 is 39.5 Å². The lowest BCUT2D eigenvalue weighted by Crippen LogP contribution is -2.30. The maximum Gasteiger partial charge on any atom is 0.472 e. The molecule has 0 amide bonds. The molecule has 0 radical (unpaired) electrons. The molecule has 0 spiro atoms. The number of phosphoric acid groups is 2. The number of hydrogen-bond donors (Lipinski definition) is 3. The molecule has 0 aliphatic heterocycles. The largest absolute Gasteiger partial charge is 0.472 e. The Morgan fingerprint density at radius 1 is 0.304 bits per heavy atom. The smallest absolute Gasteiger partial charge is 0.462 e. The number of unbranched alkanes of at least 4 members (excludes halogenated alkanes) is 34. The number of carbonyl (C=O) groups is 4. The molecule has 7 atom stereocenters. The number of phosphoric ester groups is 2. The first-order chi connectivity index (χ1) is 44.2. The summed E-state index contributed by atoms with van der Waals surface area (Å²) >= 11 is 0. The molecule has 19 heteroatoms. The highest BCUT2D eigenvalue weighted by molar-refractivity contribution is 7.47. The minimum atomic E-state index is -4.96. The third-order valence-electron chi connectivity index (χ3n) is 17.5. The highest BCUT2D eigenvalue weighted by atomic mass is 31.2. The maximum atomic E-state index is 13.1. The van der Waals surface area contributed by atoms with Crippen LogP contribution in [0.5, 0.6) is 0 Å². The SMILES string of the molecule is CCC(C)CCCCCCCCCCCCC(=O)O[C@H](COC(=O)CCCCCCCCC(C)C)COP(=O)(O)OC[C@H](O)COP(=O)(O)OC[C@@H](COC(=O)CCCCCCCCCCC(C)CC)OC(=O)CCCCCCCCCCCCCCCCC(C)C. The number of aliphatic hydroxyl groups is 1. The summed E-state index contributed by atoms with van der Waals surface area (Å²) in [4.78, 5) is 72.7. The third kappa shape index (κ3) is 64.1. The van der Waals surface area contributed by atoms with Gasteiger partial charge >= 0.3 is 39.5 Å². The van der Waals surface area contributed by atoms with E-state index >= 15 is 0 Å². The van der Waals surface area contributed by atoms with Crippen molar-refractivity contribution in [3.63, 3.8) is 0 Å². The highest BCUT2D eigenvalue weighted by Gasteiger charge is 2.30. The zero-order valence-corrected chi connectivity index (χ0v) is 62.0. The van der Waals surface area contributed by atoms with Crippen LogP contribution < -0.4 is 0 Å². The van der Waals surface area contributed by atoms with E-state index in [1.165, 1.54) is 161 Å². The molecule has 0 aromatic rings. The molecular formula is C73H142O17P2. The van der Waals surface area contributed by atoms with E-state index < -0.39 is 97.5 Å². The van der Waals surface area contributed by atoms with Gasteiger partial charge in [-0.25, -0.2) is 9.13 Å². The summed E-state index contributed by atoms with van der Waals surface area (Å²) < 4.78 is 68.4. The monoisotopic (exact) mass is 1350 g/mol. The molecule has 0 aromatic carbocycles. The molecule has 0 aliphatic rings. The first-order valence-corrected chi connectivity index (χ1v) is 40.8. The first-order valence-electron chi connectivity index (χ1n) is 37.8. The minimum absolute atomic E-state index is 0.105. The second-order valence-electron chi connectivity index (χ2n) is 27.8. The van der Waals surface area contributed by atoms with Gasteiger partial charge in [-0.05, 0) is 49.4 Å². The molecule has 17 nitrogen and oxygen atoms in total. The molecule has 0 heterocycles. The van der Waals surface area contributed by atoms with Gasteiger partial charge < -0.3 is 33.8 Å². The van der Waals surface area contributed by atoms with Gasteiger partial charge in [-0.3, -0.25) is 37.3 Å². The molecule has 92 heavy (non-hydrogen) atoms. The Bertz CT molecular complexity index is 1820. The predicted molar refractivity (Wildman–Crippen MR) is 372 cm³/mol. The zero-order valence-electron chi connectivity index (χ0n) is 60.2. The Kier molecular flexibility index (Phi) is 61.3. The van der Waals surface area contributed by atoms with E-state index in [1.807, 2.05) is 0 Å². The average Bonchev–Trinajstić information content (AvgIpc) is 2.30. The summed E-state index contributed by atoms with van der Waals surface area (Å²) in [5.74, 6) is 0.928. The van der Waals surface area contributed by atoms with E-state index in [-0.39, 0.29) is 25.7 Å². The summed E-state index contributed by atoms with van der Waals surface area (Å²) in [6, 6.07) is 0. The molecule has 4 unspecified atom stereocenters. The first kappa shape index (κ1) is 90.1. The topological polar surface area (TPSA) is 237 Å². The van der Waals surface area contributed by atoms with Crippen LogP contribution in [0.3, 0.4) is 0 Å². The van der Waals surface area contributed by atoms with Crippen LogP contribution >= 0.6 is 15.6 Å². The molecule has 0 aromatic heterocycles. The van der Waals surface area contributed by atoms with Crippen molar-refractivity contribution < 1.29 is 80.2 Å². The summed E-state index contributed by atoms with van der Waals surface area (Å²) in [6.07, 6.45) is 45.8. The molecule has 0 saturated carbocycles. The fourth-order valence-electron chi connectivity index (χ4n) is 11.0. The zero-order chi connectivity index (χ0) is 68.2. The van der Waals surface area contributed by atoms with E-state index in [1.54, 1.807) is 0 Å². The van der Waals surface area contributed by atoms with Gasteiger partial charge in [-0.1, -0.05) is 312 Å². The van der Waals surface area contributed by atoms with Crippen molar-refractivity contribution in [3.8, 4) is 0 Å². The van der Waals surface area contributed by atoms with Crippen LogP contribution in [-0.2, 0) is 65.4 Å². The van der Waals surface area contributed by atoms with Crippen LogP contribution in [0.2, 0.25) is 0 Å². The second-order valence-corrected chi connectivity index (χ2v) is 30.7. The number of esters is 4. The molecule has 0 fully saturated rings. The number of hydrogen-bond acceptors (Lipinski definition) is 15. The quantitative estimate of drug-likeness (QED) is 0.0222. The van der Waals surface area contributed by atoms with Crippen LogP contribution in [0.1, 0.15) is 364 Å². The van der Waals surface area contributed by atoms with Crippen molar-refractivity contribution in [2.45, 2.75) is 382 Å². The van der Waals surface area contributed by atoms with Crippen molar-refractivity contribution in [3.05, 3.63) is 0 Å². The maximum absolute atomic E-state index is 13.1. The van der Waals surface area contributed by atoms with Crippen LogP contribution in [0.25, 0.3) is 0 Å². The van der Waals surface area contributed by atoms with Gasteiger partial charge in [0, 0.05) is 25.7 Å². The van der Waals surface area contributed by atoms with Crippen molar-refractivity contribution in [1.29, 1.82) is 0 Å². The fourth-order valence-corrected chi connectivity index (χ4v) is 12.5. The standard InChI is InChI=1S/C73H142O17P2/c1-9-65(7)51-43-35-26-20-17-18-22-30-40-48-56-73(78)90-69(60-84-71(76)54-46-38-32-31-34-42-50-64(5)6)62-88-92(81,82)86-58-67(74)57-85-91(79,80)87-61-68(59-83-70(75)53-45-37-28-24-23-27-36-44-52-66(8)10-2)89-72(77)55-47-39-29-21-16-14-12-11-13-15-19-25-33-41-49-63(3)4/h63-69,74H,9-62H2,1-8H3,(H,79,80)(H,81,82)/t65?,66?,67-,68-,69-/m1/s1. The number of carbonyl (C=O) groups excluding carboxylic acids is 4. The summed E-state index contributed by atoms with van der Waals surface area (Å²) in [7, 11) is -9.91. The van der Waals surface area contributed by atoms with Gasteiger partial charge in [0.15, 0.2) is 12.2 Å². The van der Waals surface area contributed by atoms with Crippen molar-refractivity contribution in [1.82, 2.24) is 0 Å². The Labute approximate surface area is 562 Å². The van der Waals surface area contributed by atoms with E-state index in [0.29, 0.717) is 31.6 Å². The fraction of sp³-hybridized carbons (Fsp3) is 0.945. The minimum Gasteiger partial charge on any atom is -0.462 e. The van der Waals surface area contributed by atoms with Crippen LogP contribution in [0.4, 0.5) is 0 Å². The molecule has 0 saturated heterocycles. The van der Waals surface area contributed by atoms with Crippen LogP contribution in [0, 0.1) is 23.7 Å². The van der Waals surface area contributed by atoms with E-state index in [0.717, 1.165) is 114 Å². The van der Waals surface area contributed by atoms with Gasteiger partial charge in [0.1, 0.15) is 19.3 Å². The number of rotatable bonds is 70. The van der Waals surface area contributed by atoms with Crippen molar-refractivity contribution in [2.75, 3.05) is 39.6 Å². The van der Waals surface area contributed by atoms with Gasteiger partial charge in [0.05, 0.1) is 26.4 Å². The lowest BCUT2D eigenvalue weighted by molar-refractivity contribution is -0.161. The summed E-state index contributed by atoms with van der Waals surface area (Å²) in [5.41, 5.74) is 0. The summed E-state index contributed by atoms with van der Waals surface area (Å²) in [6.45, 7) is 14.1. The summed E-state index contributed by atoms with van der Waals surface area (Å²) in [5, 5.41) is 10.6. The lowest BCUT2D eigenvalue weighted by atomic mass is 9.99. The van der Waals surface area contributed by atoms with Gasteiger partial charge in [0.25, 0.3) is 0 Å². The number of aliphatic hydroxyl groups excluding tert-OH is 1. The second kappa shape index (κ2) is 62.6. The molecule has 546 valence electrons. The Hall–Kier alpha value is -1.94. The highest BCUT2D eigenvalue weighted by Crippen LogP contribution is 2.45. The predicted octanol–water partition coefficient (Wildman–Crippen LogP) is 20.9. The molecule has 3 N–H and O–H groups in total. The van der Waals surface area contributed by atoms with E-state index in [2.05, 4.69) is 55.4 Å². The molecule has 0 rings (SSSR count). The van der Waals surface area contributed by atoms with Gasteiger partial charge in [-0.2, -0.15) is 0 Å².